The molecule has 2 aliphatic heterocycles. The number of fused-ring (bicyclic) bond motifs is 6. The molecule has 2 aliphatic rings. The van der Waals surface area contributed by atoms with Gasteiger partial charge in [-0.3, -0.25) is 0 Å². The van der Waals surface area contributed by atoms with E-state index in [0.29, 0.717) is 28.2 Å². The maximum atomic E-state index is 14.7. The van der Waals surface area contributed by atoms with Gasteiger partial charge in [-0.25, -0.2) is 25.4 Å². The molecule has 7 rings (SSSR count). The molecule has 0 fully saturated rings. The summed E-state index contributed by atoms with van der Waals surface area (Å²) in [5, 5.41) is 0. The molecule has 44 heavy (non-hydrogen) atoms. The number of anilines is 3. The van der Waals surface area contributed by atoms with Crippen molar-refractivity contribution in [3.05, 3.63) is 149 Å². The highest BCUT2D eigenvalue weighted by Crippen LogP contribution is 2.57. The van der Waals surface area contributed by atoms with Crippen LogP contribution in [0.3, 0.4) is 0 Å². The van der Waals surface area contributed by atoms with Crippen molar-refractivity contribution in [2.24, 2.45) is 0 Å². The third-order valence-corrected chi connectivity index (χ3v) is 11.9. The molecular formula is C35H31N3O4S2. The Hall–Kier alpha value is -4.60. The van der Waals surface area contributed by atoms with E-state index in [1.165, 1.54) is 8.61 Å². The molecule has 0 aromatic heterocycles. The lowest BCUT2D eigenvalue weighted by Gasteiger charge is -2.56. The summed E-state index contributed by atoms with van der Waals surface area (Å²) in [4.78, 5) is 2.24. The van der Waals surface area contributed by atoms with Crippen molar-refractivity contribution in [2.75, 3.05) is 13.5 Å². The van der Waals surface area contributed by atoms with Gasteiger partial charge in [-0.05, 0) is 69.3 Å². The lowest BCUT2D eigenvalue weighted by molar-refractivity contribution is 0.482. The molecule has 0 spiro atoms. The summed E-state index contributed by atoms with van der Waals surface area (Å²) < 4.78 is 61.7. The third-order valence-electron chi connectivity index (χ3n) is 8.36. The molecule has 5 aromatic carbocycles. The fraction of sp³-hybridized carbons (Fsp3) is 0.143. The van der Waals surface area contributed by atoms with Crippen LogP contribution in [-0.4, -0.2) is 16.8 Å². The van der Waals surface area contributed by atoms with Crippen molar-refractivity contribution in [2.45, 2.75) is 42.9 Å². The Morgan fingerprint density at radius 1 is 0.455 bits per heavy atom. The van der Waals surface area contributed by atoms with Crippen LogP contribution in [0.4, 0.5) is 17.1 Å². The molecule has 0 radical (unpaired) electrons. The lowest BCUT2D eigenvalue weighted by atomic mass is 9.95. The fourth-order valence-corrected chi connectivity index (χ4v) is 9.38. The van der Waals surface area contributed by atoms with Gasteiger partial charge >= 0.3 is 0 Å². The maximum absolute atomic E-state index is 14.7. The molecule has 7 nitrogen and oxygen atoms in total. The highest BCUT2D eigenvalue weighted by Gasteiger charge is 2.54. The molecular weight excluding hydrogens is 591 g/mol. The van der Waals surface area contributed by atoms with Gasteiger partial charge in [0.2, 0.25) is 0 Å². The van der Waals surface area contributed by atoms with Gasteiger partial charge in [0.15, 0.2) is 0 Å². The third kappa shape index (κ3) is 4.30. The van der Waals surface area contributed by atoms with Crippen molar-refractivity contribution in [3.63, 3.8) is 0 Å². The molecule has 0 N–H and O–H groups in total. The van der Waals surface area contributed by atoms with Gasteiger partial charge in [0.25, 0.3) is 20.0 Å². The minimum Gasteiger partial charge on any atom is -0.320 e. The van der Waals surface area contributed by atoms with Gasteiger partial charge in [0.1, 0.15) is 12.3 Å². The van der Waals surface area contributed by atoms with Crippen molar-refractivity contribution < 1.29 is 16.8 Å². The van der Waals surface area contributed by atoms with Crippen LogP contribution in [-0.2, 0) is 20.0 Å². The quantitative estimate of drug-likeness (QED) is 0.207. The average Bonchev–Trinajstić information content (AvgIpc) is 3.01. The molecule has 0 aliphatic carbocycles. The Morgan fingerprint density at radius 2 is 0.795 bits per heavy atom. The van der Waals surface area contributed by atoms with Crippen LogP contribution in [0.25, 0.3) is 0 Å². The number of nitrogens with zero attached hydrogens (tertiary/aromatic N) is 3. The van der Waals surface area contributed by atoms with Crippen LogP contribution in [0.1, 0.15) is 40.1 Å². The number of para-hydroxylation sites is 2. The van der Waals surface area contributed by atoms with Crippen LogP contribution in [0.15, 0.2) is 131 Å². The minimum atomic E-state index is -4.12. The molecule has 0 amide bonds. The van der Waals surface area contributed by atoms with Crippen LogP contribution < -0.4 is 13.5 Å². The molecule has 222 valence electrons. The zero-order chi connectivity index (χ0) is 30.8. The van der Waals surface area contributed by atoms with Crippen molar-refractivity contribution >= 4 is 37.1 Å². The molecule has 2 heterocycles. The van der Waals surface area contributed by atoms with Gasteiger partial charge in [0, 0.05) is 16.8 Å². The van der Waals surface area contributed by atoms with E-state index in [9.17, 15) is 16.8 Å². The van der Waals surface area contributed by atoms with Gasteiger partial charge < -0.3 is 4.90 Å². The second-order valence-electron chi connectivity index (χ2n) is 11.3. The molecule has 0 saturated carbocycles. The SMILES string of the molecule is Cc1ccc(N2[C@H]3c4ccccc4N(S(=O)(=O)c4ccc(C)cc4)[C@@H]2c2ccccc2N3S(=O)(=O)c2ccc(C)cc2)cc1. The largest absolute Gasteiger partial charge is 0.320 e. The van der Waals surface area contributed by atoms with Crippen LogP contribution >= 0.6 is 0 Å². The predicted octanol–water partition coefficient (Wildman–Crippen LogP) is 7.23. The lowest BCUT2D eigenvalue weighted by Crippen LogP contribution is -2.59. The molecule has 5 aromatic rings. The molecule has 2 bridgehead atoms. The Kier molecular flexibility index (Phi) is 6.56. The van der Waals surface area contributed by atoms with Gasteiger partial charge in [-0.2, -0.15) is 0 Å². The first-order valence-corrected chi connectivity index (χ1v) is 17.2. The van der Waals surface area contributed by atoms with E-state index >= 15 is 0 Å². The van der Waals surface area contributed by atoms with Gasteiger partial charge in [0.05, 0.1) is 21.2 Å². The minimum absolute atomic E-state index is 0.160. The van der Waals surface area contributed by atoms with E-state index in [-0.39, 0.29) is 9.79 Å². The summed E-state index contributed by atoms with van der Waals surface area (Å²) in [6.07, 6.45) is -1.74. The number of benzene rings is 5. The summed E-state index contributed by atoms with van der Waals surface area (Å²) in [6.45, 7) is 5.81. The van der Waals surface area contributed by atoms with E-state index in [0.717, 1.165) is 16.7 Å². The summed E-state index contributed by atoms with van der Waals surface area (Å²) in [5.74, 6) is 0. The number of sulfonamides is 2. The molecule has 9 heteroatoms. The Labute approximate surface area is 258 Å². The average molecular weight is 622 g/mol. The molecule has 2 atom stereocenters. The maximum Gasteiger partial charge on any atom is 0.266 e. The first kappa shape index (κ1) is 28.2. The highest BCUT2D eigenvalue weighted by molar-refractivity contribution is 7.93. The van der Waals surface area contributed by atoms with Gasteiger partial charge in [-0.1, -0.05) is 89.5 Å². The fourth-order valence-electron chi connectivity index (χ4n) is 6.16. The van der Waals surface area contributed by atoms with Gasteiger partial charge in [-0.15, -0.1) is 0 Å². The number of aryl methyl sites for hydroxylation is 3. The summed E-state index contributed by atoms with van der Waals surface area (Å²) in [5.41, 5.74) is 5.62. The van der Waals surface area contributed by atoms with Crippen molar-refractivity contribution in [1.82, 2.24) is 0 Å². The van der Waals surface area contributed by atoms with E-state index in [1.54, 1.807) is 72.8 Å². The van der Waals surface area contributed by atoms with Crippen LogP contribution in [0.2, 0.25) is 0 Å². The first-order valence-electron chi connectivity index (χ1n) is 14.3. The monoisotopic (exact) mass is 621 g/mol. The number of hydrogen-bond acceptors (Lipinski definition) is 5. The zero-order valence-corrected chi connectivity index (χ0v) is 26.1. The Bertz CT molecular complexity index is 1960. The molecule has 0 saturated heterocycles. The number of hydrogen-bond donors (Lipinski definition) is 0. The summed E-state index contributed by atoms with van der Waals surface area (Å²) >= 11 is 0. The Morgan fingerprint density at radius 3 is 1.18 bits per heavy atom. The smallest absolute Gasteiger partial charge is 0.266 e. The van der Waals surface area contributed by atoms with Crippen LogP contribution in [0.5, 0.6) is 0 Å². The highest BCUT2D eigenvalue weighted by atomic mass is 32.2. The zero-order valence-electron chi connectivity index (χ0n) is 24.5. The summed E-state index contributed by atoms with van der Waals surface area (Å²) in [6, 6.07) is 35.8. The normalized spacial score (nSPS) is 17.7. The second kappa shape index (κ2) is 10.2. The Balaban J connectivity index is 1.57. The van der Waals surface area contributed by atoms with Crippen molar-refractivity contribution in [3.8, 4) is 0 Å². The van der Waals surface area contributed by atoms with E-state index in [2.05, 4.69) is 0 Å². The first-order chi connectivity index (χ1) is 21.1. The summed E-state index contributed by atoms with van der Waals surface area (Å²) in [7, 11) is -8.24. The van der Waals surface area contributed by atoms with Crippen LogP contribution in [0, 0.1) is 20.8 Å². The van der Waals surface area contributed by atoms with Crippen molar-refractivity contribution in [1.29, 1.82) is 0 Å². The molecule has 0 unspecified atom stereocenters. The standard InChI is InChI=1S/C35H31N3O4S2/c1-24-12-18-27(19-13-24)36-34-31-9-5-7-11-33(31)38(44(41,42)29-22-16-26(3)17-23-29)35(36)30-8-4-6-10-32(30)37(34)43(39,40)28-20-14-25(2)15-21-28/h4-23,34-35H,1-3H3/t34-,35-/m1/s1. The van der Waals surface area contributed by atoms with E-state index in [1.807, 2.05) is 74.2 Å². The van der Waals surface area contributed by atoms with E-state index in [4.69, 9.17) is 0 Å². The second-order valence-corrected chi connectivity index (χ2v) is 15.0. The predicted molar refractivity (Wildman–Crippen MR) is 174 cm³/mol. The topological polar surface area (TPSA) is 78.0 Å². The number of rotatable bonds is 5. The van der Waals surface area contributed by atoms with E-state index < -0.39 is 32.4 Å².